The molecule has 1 saturated heterocycles. The summed E-state index contributed by atoms with van der Waals surface area (Å²) in [5.74, 6) is -1.09. The zero-order valence-electron chi connectivity index (χ0n) is 16.5. The monoisotopic (exact) mass is 411 g/mol. The largest absolute Gasteiger partial charge is 0.299 e. The molecule has 4 rings (SSSR count). The van der Waals surface area contributed by atoms with Gasteiger partial charge in [-0.15, -0.1) is 0 Å². The Bertz CT molecular complexity index is 1030. The van der Waals surface area contributed by atoms with E-state index >= 15 is 0 Å². The minimum absolute atomic E-state index is 0.125. The molecule has 0 atom stereocenters. The van der Waals surface area contributed by atoms with E-state index in [4.69, 9.17) is 0 Å². The first-order chi connectivity index (χ1) is 14.6. The van der Waals surface area contributed by atoms with Crippen LogP contribution >= 0.6 is 0 Å². The Morgan fingerprint density at radius 1 is 0.833 bits per heavy atom. The summed E-state index contributed by atoms with van der Waals surface area (Å²) in [7, 11) is 0. The van der Waals surface area contributed by atoms with Crippen LogP contribution in [0.4, 0.5) is 8.78 Å². The van der Waals surface area contributed by atoms with Gasteiger partial charge in [0.15, 0.2) is 0 Å². The summed E-state index contributed by atoms with van der Waals surface area (Å²) in [5.41, 5.74) is 2.18. The molecule has 0 unspecified atom stereocenters. The normalized spacial score (nSPS) is 15.4. The van der Waals surface area contributed by atoms with Gasteiger partial charge in [-0.3, -0.25) is 19.6 Å². The molecular weight excluding hydrogens is 388 g/mol. The van der Waals surface area contributed by atoms with Gasteiger partial charge in [0.05, 0.1) is 12.2 Å². The van der Waals surface area contributed by atoms with Crippen molar-refractivity contribution in [3.8, 4) is 11.3 Å². The summed E-state index contributed by atoms with van der Waals surface area (Å²) in [6.45, 7) is 5.02. The Balaban J connectivity index is 1.31. The Morgan fingerprint density at radius 3 is 2.20 bits per heavy atom. The molecule has 6 nitrogen and oxygen atoms in total. The number of piperazine rings is 1. The van der Waals surface area contributed by atoms with Gasteiger partial charge in [-0.1, -0.05) is 0 Å². The van der Waals surface area contributed by atoms with Gasteiger partial charge in [0.2, 0.25) is 0 Å². The standard InChI is InChI=1S/C22H23F2N5O/c23-19-13-17(14-20(24)15-19)16-28-9-7-27(8-10-28)11-12-29-22(30)2-1-21(26-29)18-3-5-25-6-4-18/h1-6,13-15H,7-12,16H2. The highest BCUT2D eigenvalue weighted by Gasteiger charge is 2.17. The van der Waals surface area contributed by atoms with Crippen molar-refractivity contribution < 1.29 is 8.78 Å². The van der Waals surface area contributed by atoms with Gasteiger partial charge < -0.3 is 0 Å². The molecule has 0 spiro atoms. The van der Waals surface area contributed by atoms with Crippen LogP contribution in [0.2, 0.25) is 0 Å². The van der Waals surface area contributed by atoms with Crippen molar-refractivity contribution in [2.45, 2.75) is 13.1 Å². The third-order valence-electron chi connectivity index (χ3n) is 5.26. The average molecular weight is 411 g/mol. The Kier molecular flexibility index (Phi) is 6.25. The number of nitrogens with zero attached hydrogens (tertiary/aromatic N) is 5. The molecule has 156 valence electrons. The van der Waals surface area contributed by atoms with E-state index in [2.05, 4.69) is 19.9 Å². The van der Waals surface area contributed by atoms with E-state index in [1.807, 2.05) is 12.1 Å². The third-order valence-corrected chi connectivity index (χ3v) is 5.26. The van der Waals surface area contributed by atoms with Gasteiger partial charge in [0, 0.05) is 69.4 Å². The van der Waals surface area contributed by atoms with Crippen LogP contribution in [-0.4, -0.2) is 57.3 Å². The second kappa shape index (κ2) is 9.23. The van der Waals surface area contributed by atoms with Crippen molar-refractivity contribution in [3.05, 3.63) is 82.4 Å². The topological polar surface area (TPSA) is 54.3 Å². The summed E-state index contributed by atoms with van der Waals surface area (Å²) in [6, 6.07) is 10.6. The fraction of sp³-hybridized carbons (Fsp3) is 0.318. The van der Waals surface area contributed by atoms with Gasteiger partial charge in [0.25, 0.3) is 5.56 Å². The molecule has 0 amide bonds. The fourth-order valence-electron chi connectivity index (χ4n) is 3.65. The van der Waals surface area contributed by atoms with Gasteiger partial charge in [-0.25, -0.2) is 13.5 Å². The molecule has 0 N–H and O–H groups in total. The maximum absolute atomic E-state index is 13.4. The van der Waals surface area contributed by atoms with Crippen LogP contribution in [0, 0.1) is 11.6 Å². The lowest BCUT2D eigenvalue weighted by molar-refractivity contribution is 0.122. The molecule has 0 radical (unpaired) electrons. The fourth-order valence-corrected chi connectivity index (χ4v) is 3.65. The second-order valence-corrected chi connectivity index (χ2v) is 7.41. The van der Waals surface area contributed by atoms with Crippen LogP contribution in [-0.2, 0) is 13.1 Å². The van der Waals surface area contributed by atoms with Gasteiger partial charge >= 0.3 is 0 Å². The second-order valence-electron chi connectivity index (χ2n) is 7.41. The molecule has 1 fully saturated rings. The van der Waals surface area contributed by atoms with Crippen molar-refractivity contribution in [2.24, 2.45) is 0 Å². The van der Waals surface area contributed by atoms with Crippen molar-refractivity contribution in [3.63, 3.8) is 0 Å². The van der Waals surface area contributed by atoms with E-state index in [0.717, 1.165) is 50.0 Å². The Labute approximate surface area is 173 Å². The van der Waals surface area contributed by atoms with Crippen LogP contribution in [0.15, 0.2) is 59.7 Å². The smallest absolute Gasteiger partial charge is 0.266 e. The van der Waals surface area contributed by atoms with Crippen molar-refractivity contribution >= 4 is 0 Å². The lowest BCUT2D eigenvalue weighted by Crippen LogP contribution is -2.47. The van der Waals surface area contributed by atoms with E-state index < -0.39 is 11.6 Å². The molecule has 0 aliphatic carbocycles. The number of aromatic nitrogens is 3. The van der Waals surface area contributed by atoms with Crippen LogP contribution < -0.4 is 5.56 Å². The molecule has 2 aromatic heterocycles. The highest BCUT2D eigenvalue weighted by atomic mass is 19.1. The van der Waals surface area contributed by atoms with Crippen LogP contribution in [0.1, 0.15) is 5.56 Å². The van der Waals surface area contributed by atoms with Crippen LogP contribution in [0.25, 0.3) is 11.3 Å². The number of rotatable bonds is 6. The predicted molar refractivity (Wildman–Crippen MR) is 110 cm³/mol. The first-order valence-corrected chi connectivity index (χ1v) is 9.95. The van der Waals surface area contributed by atoms with Crippen molar-refractivity contribution in [2.75, 3.05) is 32.7 Å². The average Bonchev–Trinajstić information content (AvgIpc) is 2.74. The lowest BCUT2D eigenvalue weighted by atomic mass is 10.2. The molecule has 8 heteroatoms. The molecule has 3 heterocycles. The molecule has 1 aromatic carbocycles. The lowest BCUT2D eigenvalue weighted by Gasteiger charge is -2.34. The minimum atomic E-state index is -0.546. The molecular formula is C22H23F2N5O. The van der Waals surface area contributed by atoms with E-state index in [1.165, 1.54) is 16.8 Å². The molecule has 0 bridgehead atoms. The first kappa shape index (κ1) is 20.3. The van der Waals surface area contributed by atoms with Gasteiger partial charge in [-0.05, 0) is 35.9 Å². The SMILES string of the molecule is O=c1ccc(-c2ccncc2)nn1CCN1CCN(Cc2cc(F)cc(F)c2)CC1. The number of hydrogen-bond acceptors (Lipinski definition) is 5. The third kappa shape index (κ3) is 5.14. The zero-order chi connectivity index (χ0) is 20.9. The van der Waals surface area contributed by atoms with E-state index in [9.17, 15) is 13.6 Å². The molecule has 0 saturated carbocycles. The maximum Gasteiger partial charge on any atom is 0.266 e. The Morgan fingerprint density at radius 2 is 1.50 bits per heavy atom. The first-order valence-electron chi connectivity index (χ1n) is 9.95. The summed E-state index contributed by atoms with van der Waals surface area (Å²) in [6.07, 6.45) is 3.40. The summed E-state index contributed by atoms with van der Waals surface area (Å²) in [4.78, 5) is 20.6. The number of hydrogen-bond donors (Lipinski definition) is 0. The molecule has 1 aliphatic heterocycles. The van der Waals surface area contributed by atoms with Crippen LogP contribution in [0.3, 0.4) is 0 Å². The van der Waals surface area contributed by atoms with Gasteiger partial charge in [-0.2, -0.15) is 5.10 Å². The summed E-state index contributed by atoms with van der Waals surface area (Å²) in [5, 5.41) is 4.48. The van der Waals surface area contributed by atoms with Gasteiger partial charge in [0.1, 0.15) is 11.6 Å². The highest BCUT2D eigenvalue weighted by Crippen LogP contribution is 2.14. The van der Waals surface area contributed by atoms with Crippen LogP contribution in [0.5, 0.6) is 0 Å². The van der Waals surface area contributed by atoms with Crippen molar-refractivity contribution in [1.29, 1.82) is 0 Å². The van der Waals surface area contributed by atoms with Crippen molar-refractivity contribution in [1.82, 2.24) is 24.6 Å². The molecule has 3 aromatic rings. The predicted octanol–water partition coefficient (Wildman–Crippen LogP) is 2.40. The minimum Gasteiger partial charge on any atom is -0.299 e. The summed E-state index contributed by atoms with van der Waals surface area (Å²) >= 11 is 0. The quantitative estimate of drug-likeness (QED) is 0.624. The van der Waals surface area contributed by atoms with E-state index in [1.54, 1.807) is 24.5 Å². The van der Waals surface area contributed by atoms with E-state index in [0.29, 0.717) is 18.7 Å². The number of benzene rings is 1. The maximum atomic E-state index is 13.4. The van der Waals surface area contributed by atoms with E-state index in [-0.39, 0.29) is 5.56 Å². The highest BCUT2D eigenvalue weighted by molar-refractivity contribution is 5.56. The number of pyridine rings is 1. The number of halogens is 2. The molecule has 1 aliphatic rings. The molecule has 30 heavy (non-hydrogen) atoms. The Hall–Kier alpha value is -2.97. The summed E-state index contributed by atoms with van der Waals surface area (Å²) < 4.78 is 28.2. The zero-order valence-corrected chi connectivity index (χ0v) is 16.5.